The minimum absolute atomic E-state index is 0. The Labute approximate surface area is 281 Å². The van der Waals surface area contributed by atoms with Crippen molar-refractivity contribution in [3.05, 3.63) is 47.5 Å². The van der Waals surface area contributed by atoms with Crippen LogP contribution >= 0.6 is 18.5 Å². The molecule has 2 heterocycles. The van der Waals surface area contributed by atoms with Gasteiger partial charge in [-0.05, 0) is 111 Å². The van der Waals surface area contributed by atoms with E-state index in [9.17, 15) is 0 Å². The summed E-state index contributed by atoms with van der Waals surface area (Å²) in [5, 5.41) is 12.0. The predicted octanol–water partition coefficient (Wildman–Crippen LogP) is 7.04. The normalized spacial score (nSPS) is 34.9. The Morgan fingerprint density at radius 1 is 0.930 bits per heavy atom. The van der Waals surface area contributed by atoms with Crippen LogP contribution in [0.15, 0.2) is 36.4 Å². The van der Waals surface area contributed by atoms with Gasteiger partial charge in [0.05, 0.1) is 8.07 Å². The summed E-state index contributed by atoms with van der Waals surface area (Å²) in [4.78, 5) is 0. The molecular weight excluding hydrogens is 634 g/mol. The third-order valence-corrected chi connectivity index (χ3v) is 18.1. The molecule has 0 aromatic heterocycles. The summed E-state index contributed by atoms with van der Waals surface area (Å²) in [6.45, 7) is 18.3. The van der Waals surface area contributed by atoms with Crippen molar-refractivity contribution in [1.29, 1.82) is 0 Å². The third kappa shape index (κ3) is 6.24. The summed E-state index contributed by atoms with van der Waals surface area (Å²) in [5.41, 5.74) is 4.17. The molecule has 2 N–H and O–H groups in total. The Balaban J connectivity index is 0.000000559. The van der Waals surface area contributed by atoms with Crippen LogP contribution in [0, 0.1) is 23.7 Å². The van der Waals surface area contributed by atoms with Gasteiger partial charge < -0.3 is 10.6 Å². The first-order valence-corrected chi connectivity index (χ1v) is 25.8. The number of hydrogen-bond donors (Lipinski definition) is 2. The molecule has 7 unspecified atom stereocenters. The molecule has 240 valence electrons. The van der Waals surface area contributed by atoms with Crippen LogP contribution in [0.25, 0.3) is 0 Å². The van der Waals surface area contributed by atoms with Crippen LogP contribution < -0.4 is 21.0 Å². The van der Waals surface area contributed by atoms with Crippen molar-refractivity contribution in [2.45, 2.75) is 120 Å². The average molecular weight is 695 g/mol. The first-order chi connectivity index (χ1) is 19.9. The van der Waals surface area contributed by atoms with Gasteiger partial charge in [0.2, 0.25) is 0 Å². The molecule has 4 aliphatic carbocycles. The van der Waals surface area contributed by atoms with Crippen molar-refractivity contribution in [3.63, 3.8) is 0 Å². The maximum atomic E-state index is 4.06. The Hall–Kier alpha value is 0.433. The maximum absolute atomic E-state index is 4.06. The molecule has 4 saturated carbocycles. The molecule has 0 spiro atoms. The van der Waals surface area contributed by atoms with E-state index in [1.54, 1.807) is 5.56 Å². The monoisotopic (exact) mass is 694 g/mol. The summed E-state index contributed by atoms with van der Waals surface area (Å²) in [7, 11) is 3.75. The third-order valence-electron chi connectivity index (χ3n) is 12.2. The maximum Gasteiger partial charge on any atom is 2.00 e. The standard InChI is InChI=1S/C31H55N2P2Si2.C5H5.Fe/c1-36(2,3)25-16-23(31(35,26-9-7-11-32-26)27-10-8-12-33-27)28(29(25)37(4,5)6)30-17-20-13-21(18-30)15-22(14-20)24(30)19-34;1-2-4-5-3-1;/h16,20-22,24,26-27,32-33H,7-15,17-19,34-35H2,1-6H3;1-5H;/q2*-1;+2. The van der Waals surface area contributed by atoms with Gasteiger partial charge in [0.25, 0.3) is 0 Å². The van der Waals surface area contributed by atoms with Gasteiger partial charge in [0.15, 0.2) is 0 Å². The van der Waals surface area contributed by atoms with E-state index in [1.165, 1.54) is 77.0 Å². The molecule has 0 amide bonds. The van der Waals surface area contributed by atoms with Crippen LogP contribution in [0.3, 0.4) is 0 Å². The number of nitrogens with one attached hydrogen (secondary N) is 2. The first kappa shape index (κ1) is 34.8. The van der Waals surface area contributed by atoms with E-state index < -0.39 is 16.1 Å². The van der Waals surface area contributed by atoms with Gasteiger partial charge in [-0.25, -0.2) is 18.2 Å². The number of hydrogen-bond acceptors (Lipinski definition) is 2. The first-order valence-electron chi connectivity index (χ1n) is 17.4. The molecular formula is C36H60FeN2P2Si2. The van der Waals surface area contributed by atoms with Gasteiger partial charge in [-0.2, -0.15) is 39.7 Å². The molecule has 4 bridgehead atoms. The zero-order chi connectivity index (χ0) is 29.9. The molecule has 7 atom stereocenters. The fraction of sp³-hybridized carbons (Fsp3) is 0.722. The van der Waals surface area contributed by atoms with Crippen molar-refractivity contribution in [2.75, 3.05) is 19.3 Å². The Bertz CT molecular complexity index is 1150. The molecule has 2 aromatic carbocycles. The van der Waals surface area contributed by atoms with E-state index in [0.29, 0.717) is 17.5 Å². The van der Waals surface area contributed by atoms with Gasteiger partial charge in [-0.3, -0.25) is 0 Å². The molecule has 43 heavy (non-hydrogen) atoms. The van der Waals surface area contributed by atoms with Crippen LogP contribution in [-0.2, 0) is 27.6 Å². The van der Waals surface area contributed by atoms with Crippen molar-refractivity contribution >= 4 is 45.0 Å². The zero-order valence-electron chi connectivity index (χ0n) is 27.9. The minimum atomic E-state index is -1.59. The summed E-state index contributed by atoms with van der Waals surface area (Å²) >= 11 is 0. The summed E-state index contributed by atoms with van der Waals surface area (Å²) < 4.78 is 0. The van der Waals surface area contributed by atoms with Gasteiger partial charge in [-0.1, -0.05) is 39.3 Å². The summed E-state index contributed by atoms with van der Waals surface area (Å²) in [6, 6.07) is 14.0. The molecule has 6 fully saturated rings. The Morgan fingerprint density at radius 2 is 1.49 bits per heavy atom. The van der Waals surface area contributed by atoms with E-state index >= 15 is 0 Å². The van der Waals surface area contributed by atoms with Gasteiger partial charge >= 0.3 is 17.1 Å². The smallest absolute Gasteiger partial charge is 0.314 e. The minimum Gasteiger partial charge on any atom is -0.314 e. The second kappa shape index (κ2) is 13.1. The van der Waals surface area contributed by atoms with Crippen LogP contribution in [-0.4, -0.2) is 47.5 Å². The van der Waals surface area contributed by atoms with Crippen LogP contribution in [0.2, 0.25) is 39.3 Å². The molecule has 2 nitrogen and oxygen atoms in total. The van der Waals surface area contributed by atoms with E-state index in [2.05, 4.69) is 74.5 Å². The van der Waals surface area contributed by atoms with Crippen molar-refractivity contribution in [1.82, 2.24) is 10.6 Å². The van der Waals surface area contributed by atoms with Crippen molar-refractivity contribution < 1.29 is 17.1 Å². The molecule has 2 saturated heterocycles. The summed E-state index contributed by atoms with van der Waals surface area (Å²) in [6.07, 6.45) is 14.2. The Morgan fingerprint density at radius 3 is 1.88 bits per heavy atom. The predicted molar refractivity (Wildman–Crippen MR) is 197 cm³/mol. The largest absolute Gasteiger partial charge is 2.00 e. The number of rotatable bonds is 7. The van der Waals surface area contributed by atoms with Crippen LogP contribution in [0.5, 0.6) is 0 Å². The van der Waals surface area contributed by atoms with Gasteiger partial charge in [-0.15, -0.1) is 18.5 Å². The molecule has 8 rings (SSSR count). The van der Waals surface area contributed by atoms with Crippen LogP contribution in [0.4, 0.5) is 0 Å². The molecule has 6 aliphatic rings. The van der Waals surface area contributed by atoms with E-state index in [-0.39, 0.29) is 22.2 Å². The van der Waals surface area contributed by atoms with Crippen LogP contribution in [0.1, 0.15) is 68.9 Å². The van der Waals surface area contributed by atoms with Crippen molar-refractivity contribution in [3.8, 4) is 0 Å². The van der Waals surface area contributed by atoms with Gasteiger partial charge in [0, 0.05) is 20.2 Å². The van der Waals surface area contributed by atoms with E-state index in [1.807, 2.05) is 46.3 Å². The second-order valence-corrected chi connectivity index (χ2v) is 28.5. The Kier molecular flexibility index (Phi) is 10.6. The second-order valence-electron chi connectivity index (χ2n) is 17.0. The fourth-order valence-electron chi connectivity index (χ4n) is 10.9. The molecule has 0 radical (unpaired) electrons. The quantitative estimate of drug-likeness (QED) is 0.185. The van der Waals surface area contributed by atoms with E-state index in [4.69, 9.17) is 0 Å². The molecule has 7 heteroatoms. The molecule has 2 aromatic rings. The van der Waals surface area contributed by atoms with E-state index in [0.717, 1.165) is 23.7 Å². The zero-order valence-corrected chi connectivity index (χ0v) is 33.3. The van der Waals surface area contributed by atoms with Crippen molar-refractivity contribution in [2.24, 2.45) is 23.7 Å². The average Bonchev–Trinajstić information content (AvgIpc) is 3.75. The van der Waals surface area contributed by atoms with Gasteiger partial charge in [0.1, 0.15) is 0 Å². The SMILES string of the molecule is C[Si](C)(C)c1cc(C(P)(C2CCCN2)C2CCCN2)c(C23CC4CC(CC(C4)C2CP)C3)[c-]1[Si](C)(C)C.[Fe+2].c1cc[cH-]c1. The summed E-state index contributed by atoms with van der Waals surface area (Å²) in [5.74, 6) is 3.78. The topological polar surface area (TPSA) is 24.1 Å². The molecule has 2 aliphatic heterocycles. The fourth-order valence-corrected chi connectivity index (χ4v) is 18.2.